The molecule has 0 amide bonds. The molecule has 12 aromatic rings. The lowest BCUT2D eigenvalue weighted by molar-refractivity contribution is 1.18. The first-order valence-corrected chi connectivity index (χ1v) is 22.6. The monoisotopic (exact) mass is 824 g/mol. The molecule has 302 valence electrons. The Morgan fingerprint density at radius 3 is 1.37 bits per heavy atom. The van der Waals surface area contributed by atoms with Gasteiger partial charge in [-0.1, -0.05) is 198 Å². The summed E-state index contributed by atoms with van der Waals surface area (Å²) in [7, 11) is 6.96. The summed E-state index contributed by atoms with van der Waals surface area (Å²) in [4.78, 5) is 0. The van der Waals surface area contributed by atoms with Crippen LogP contribution >= 0.6 is 0 Å². The molecule has 0 saturated carbocycles. The SMILES string of the molecule is Bc1c(-c2ccc3c(c2)c2cccc(-c4ccccc4-c4ccccc4)c2n3-c2ccc(-c3ccccc3)cc2)c(B)c2c3ccccc3n(-c3ccc(-c4ccccc4)cc3)c2c1B. The van der Waals surface area contributed by atoms with Crippen molar-refractivity contribution in [3.63, 3.8) is 0 Å². The molecule has 0 aliphatic carbocycles. The fourth-order valence-electron chi connectivity index (χ4n) is 10.6. The van der Waals surface area contributed by atoms with Crippen molar-refractivity contribution in [1.29, 1.82) is 0 Å². The van der Waals surface area contributed by atoms with Crippen LogP contribution in [0.1, 0.15) is 0 Å². The van der Waals surface area contributed by atoms with Gasteiger partial charge < -0.3 is 9.13 Å². The van der Waals surface area contributed by atoms with E-state index < -0.39 is 0 Å². The molecule has 2 nitrogen and oxygen atoms in total. The number of hydrogen-bond acceptors (Lipinski definition) is 0. The van der Waals surface area contributed by atoms with E-state index in [1.165, 1.54) is 121 Å². The molecule has 5 heteroatoms. The summed E-state index contributed by atoms with van der Waals surface area (Å²) in [6, 6.07) is 82.0. The molecule has 0 bridgehead atoms. The number of para-hydroxylation sites is 2. The average Bonchev–Trinajstić information content (AvgIpc) is 3.90. The van der Waals surface area contributed by atoms with E-state index in [4.69, 9.17) is 0 Å². The maximum absolute atomic E-state index is 2.49. The van der Waals surface area contributed by atoms with Crippen LogP contribution in [0.15, 0.2) is 224 Å². The third-order valence-electron chi connectivity index (χ3n) is 13.8. The maximum Gasteiger partial charge on any atom is 0.141 e. The first kappa shape index (κ1) is 38.7. The highest BCUT2D eigenvalue weighted by molar-refractivity contribution is 6.60. The molecule has 0 saturated heterocycles. The molecule has 0 atom stereocenters. The highest BCUT2D eigenvalue weighted by atomic mass is 15.0. The maximum atomic E-state index is 2.49. The van der Waals surface area contributed by atoms with Crippen LogP contribution < -0.4 is 16.4 Å². The highest BCUT2D eigenvalue weighted by Crippen LogP contribution is 2.43. The summed E-state index contributed by atoms with van der Waals surface area (Å²) in [5, 5.41) is 5.06. The Balaban J connectivity index is 1.08. The minimum atomic E-state index is 1.14. The summed E-state index contributed by atoms with van der Waals surface area (Å²) in [5.74, 6) is 0. The molecule has 12 rings (SSSR count). The van der Waals surface area contributed by atoms with E-state index in [1.807, 2.05) is 0 Å². The van der Waals surface area contributed by atoms with Crippen LogP contribution in [0.25, 0.3) is 111 Å². The number of fused-ring (bicyclic) bond motifs is 6. The van der Waals surface area contributed by atoms with E-state index in [0.717, 1.165) is 5.69 Å². The number of hydrogen-bond donors (Lipinski definition) is 0. The molecular weight excluding hydrogens is 781 g/mol. The van der Waals surface area contributed by atoms with E-state index in [9.17, 15) is 0 Å². The molecular formula is C60H43B3N2. The summed E-state index contributed by atoms with van der Waals surface area (Å²) in [5.41, 5.74) is 23.3. The van der Waals surface area contributed by atoms with Gasteiger partial charge in [-0.3, -0.25) is 0 Å². The van der Waals surface area contributed by atoms with Crippen molar-refractivity contribution >= 4 is 83.5 Å². The molecule has 0 spiro atoms. The molecule has 2 heterocycles. The van der Waals surface area contributed by atoms with Crippen molar-refractivity contribution in [3.8, 4) is 67.0 Å². The molecule has 65 heavy (non-hydrogen) atoms. The normalized spacial score (nSPS) is 11.6. The van der Waals surface area contributed by atoms with Crippen LogP contribution in [0.4, 0.5) is 0 Å². The molecule has 0 radical (unpaired) electrons. The van der Waals surface area contributed by atoms with E-state index in [2.05, 4.69) is 257 Å². The molecule has 10 aromatic carbocycles. The molecule has 2 aromatic heterocycles. The Morgan fingerprint density at radius 2 is 0.738 bits per heavy atom. The van der Waals surface area contributed by atoms with Gasteiger partial charge in [-0.25, -0.2) is 0 Å². The van der Waals surface area contributed by atoms with Crippen LogP contribution in [0.3, 0.4) is 0 Å². The predicted molar refractivity (Wildman–Crippen MR) is 287 cm³/mol. The van der Waals surface area contributed by atoms with Crippen molar-refractivity contribution in [3.05, 3.63) is 224 Å². The van der Waals surface area contributed by atoms with Crippen molar-refractivity contribution in [2.75, 3.05) is 0 Å². The highest BCUT2D eigenvalue weighted by Gasteiger charge is 2.23. The molecule has 0 aliphatic rings. The van der Waals surface area contributed by atoms with E-state index in [0.29, 0.717) is 0 Å². The second-order valence-corrected chi connectivity index (χ2v) is 17.3. The van der Waals surface area contributed by atoms with Crippen LogP contribution in [0, 0.1) is 0 Å². The number of nitrogens with zero attached hydrogens (tertiary/aromatic N) is 2. The van der Waals surface area contributed by atoms with E-state index >= 15 is 0 Å². The van der Waals surface area contributed by atoms with Gasteiger partial charge in [0.2, 0.25) is 0 Å². The van der Waals surface area contributed by atoms with E-state index in [-0.39, 0.29) is 0 Å². The lowest BCUT2D eigenvalue weighted by Gasteiger charge is -2.19. The van der Waals surface area contributed by atoms with Gasteiger partial charge in [0.15, 0.2) is 0 Å². The lowest BCUT2D eigenvalue weighted by Crippen LogP contribution is -2.35. The minimum Gasteiger partial charge on any atom is -0.310 e. The van der Waals surface area contributed by atoms with Crippen LogP contribution in [-0.4, -0.2) is 32.7 Å². The summed E-state index contributed by atoms with van der Waals surface area (Å²) in [6.07, 6.45) is 0. The Bertz CT molecular complexity index is 3760. The summed E-state index contributed by atoms with van der Waals surface area (Å²) in [6.45, 7) is 0. The first-order valence-electron chi connectivity index (χ1n) is 22.6. The van der Waals surface area contributed by atoms with Gasteiger partial charge in [-0.05, 0) is 92.5 Å². The van der Waals surface area contributed by atoms with Crippen molar-refractivity contribution in [1.82, 2.24) is 9.13 Å². The standard InChI is InChI=1S/C60H43B3N2/c61-56-54(57(62)58(63)60-55(56)50-23-12-13-26-52(50)65(60)45-34-29-41(30-35-45)39-17-6-2-7-18-39)43-31-36-53-51(37-43)49-25-14-24-48(47-22-11-10-21-46(47)42-19-8-3-9-20-42)59(49)64(53)44-32-27-40(28-33-44)38-15-4-1-5-16-38/h1-37H,61-63H2. The predicted octanol–water partition coefficient (Wildman–Crippen LogP) is 11.0. The minimum absolute atomic E-state index is 1.14. The van der Waals surface area contributed by atoms with Crippen molar-refractivity contribution < 1.29 is 0 Å². The third-order valence-corrected chi connectivity index (χ3v) is 13.8. The van der Waals surface area contributed by atoms with Crippen molar-refractivity contribution in [2.45, 2.75) is 0 Å². The average molecular weight is 824 g/mol. The van der Waals surface area contributed by atoms with E-state index in [1.54, 1.807) is 0 Å². The molecule has 0 N–H and O–H groups in total. The smallest absolute Gasteiger partial charge is 0.141 e. The zero-order valence-electron chi connectivity index (χ0n) is 36.8. The Hall–Kier alpha value is -8.01. The van der Waals surface area contributed by atoms with Gasteiger partial charge in [-0.15, -0.1) is 0 Å². The first-order chi connectivity index (χ1) is 32.0. The summed E-state index contributed by atoms with van der Waals surface area (Å²) >= 11 is 0. The van der Waals surface area contributed by atoms with Gasteiger partial charge >= 0.3 is 0 Å². The molecule has 0 unspecified atom stereocenters. The zero-order valence-corrected chi connectivity index (χ0v) is 36.8. The zero-order chi connectivity index (χ0) is 43.6. The van der Waals surface area contributed by atoms with Crippen molar-refractivity contribution in [2.24, 2.45) is 0 Å². The fraction of sp³-hybridized carbons (Fsp3) is 0. The van der Waals surface area contributed by atoms with Gasteiger partial charge in [0.1, 0.15) is 23.5 Å². The fourth-order valence-corrected chi connectivity index (χ4v) is 10.6. The second-order valence-electron chi connectivity index (χ2n) is 17.3. The molecule has 0 fully saturated rings. The number of rotatable bonds is 7. The van der Waals surface area contributed by atoms with Crippen LogP contribution in [0.2, 0.25) is 0 Å². The number of benzene rings is 10. The second kappa shape index (κ2) is 15.7. The Labute approximate surface area is 382 Å². The lowest BCUT2D eigenvalue weighted by atomic mass is 9.69. The molecule has 0 aliphatic heterocycles. The quantitative estimate of drug-likeness (QED) is 0.142. The van der Waals surface area contributed by atoms with Gasteiger partial charge in [-0.2, -0.15) is 0 Å². The Kier molecular flexibility index (Phi) is 9.31. The van der Waals surface area contributed by atoms with Gasteiger partial charge in [0.05, 0.1) is 16.6 Å². The van der Waals surface area contributed by atoms with Gasteiger partial charge in [0.25, 0.3) is 0 Å². The van der Waals surface area contributed by atoms with Crippen LogP contribution in [-0.2, 0) is 0 Å². The summed E-state index contributed by atoms with van der Waals surface area (Å²) < 4.78 is 4.97. The number of aromatic nitrogens is 2. The largest absolute Gasteiger partial charge is 0.310 e. The third kappa shape index (κ3) is 6.30. The van der Waals surface area contributed by atoms with Gasteiger partial charge in [0, 0.05) is 44.0 Å². The Morgan fingerprint density at radius 1 is 0.277 bits per heavy atom. The topological polar surface area (TPSA) is 9.86 Å². The van der Waals surface area contributed by atoms with Crippen LogP contribution in [0.5, 0.6) is 0 Å².